The van der Waals surface area contributed by atoms with Crippen LogP contribution in [0.15, 0.2) is 70.9 Å². The zero-order valence-electron chi connectivity index (χ0n) is 18.0. The fraction of sp³-hybridized carbons (Fsp3) is 0.261. The number of hydrogen-bond acceptors (Lipinski definition) is 6. The average Bonchev–Trinajstić information content (AvgIpc) is 3.26. The van der Waals surface area contributed by atoms with Gasteiger partial charge in [0, 0.05) is 23.2 Å². The van der Waals surface area contributed by atoms with Crippen molar-refractivity contribution >= 4 is 33.0 Å². The van der Waals surface area contributed by atoms with Gasteiger partial charge in [-0.1, -0.05) is 24.3 Å². The predicted molar refractivity (Wildman–Crippen MR) is 127 cm³/mol. The summed E-state index contributed by atoms with van der Waals surface area (Å²) in [5, 5.41) is 10.0. The van der Waals surface area contributed by atoms with Gasteiger partial charge in [0.1, 0.15) is 5.75 Å². The van der Waals surface area contributed by atoms with Crippen molar-refractivity contribution in [1.29, 1.82) is 0 Å². The Morgan fingerprint density at radius 3 is 2.53 bits per heavy atom. The number of benzene rings is 2. The molecule has 0 saturated heterocycles. The molecule has 2 aromatic carbocycles. The molecule has 1 aromatic heterocycles. The molecule has 3 aromatic rings. The first-order valence-electron chi connectivity index (χ1n) is 10.1. The van der Waals surface area contributed by atoms with Crippen molar-refractivity contribution in [3.63, 3.8) is 0 Å². The summed E-state index contributed by atoms with van der Waals surface area (Å²) in [6, 6.07) is 17.9. The molecule has 0 aliphatic carbocycles. The number of carbonyl (C=O) groups excluding carboxylic acids is 1. The highest BCUT2D eigenvalue weighted by molar-refractivity contribution is 7.89. The molecule has 1 amide bonds. The summed E-state index contributed by atoms with van der Waals surface area (Å²) in [6.07, 6.45) is 0.821. The van der Waals surface area contributed by atoms with Crippen molar-refractivity contribution in [2.75, 3.05) is 19.0 Å². The molecule has 0 aliphatic heterocycles. The third-order valence-electron chi connectivity index (χ3n) is 5.04. The number of nitrogens with two attached hydrogens (primary N) is 1. The number of carbonyl (C=O) groups is 1. The van der Waals surface area contributed by atoms with Crippen LogP contribution in [0.2, 0.25) is 0 Å². The molecule has 3 N–H and O–H groups in total. The molecule has 0 aliphatic rings. The number of rotatable bonds is 10. The van der Waals surface area contributed by atoms with Crippen molar-refractivity contribution in [2.24, 2.45) is 5.14 Å². The number of nitrogens with zero attached hydrogens (tertiary/aromatic N) is 1. The van der Waals surface area contributed by atoms with Crippen molar-refractivity contribution < 1.29 is 17.9 Å². The third-order valence-corrected chi connectivity index (χ3v) is 6.85. The van der Waals surface area contributed by atoms with Crippen LogP contribution >= 0.6 is 11.3 Å². The van der Waals surface area contributed by atoms with Gasteiger partial charge in [-0.2, -0.15) is 0 Å². The van der Waals surface area contributed by atoms with Crippen LogP contribution < -0.4 is 15.2 Å². The van der Waals surface area contributed by atoms with Crippen LogP contribution in [0.4, 0.5) is 5.69 Å². The van der Waals surface area contributed by atoms with E-state index in [1.807, 2.05) is 35.7 Å². The Morgan fingerprint density at radius 1 is 1.16 bits per heavy atom. The average molecular weight is 474 g/mol. The number of sulfonamides is 1. The van der Waals surface area contributed by atoms with Crippen LogP contribution in [0, 0.1) is 0 Å². The summed E-state index contributed by atoms with van der Waals surface area (Å²) in [5.74, 6) is 0.544. The lowest BCUT2D eigenvalue weighted by Crippen LogP contribution is -2.40. The number of thiophene rings is 1. The monoisotopic (exact) mass is 473 g/mol. The first kappa shape index (κ1) is 23.9. The molecule has 32 heavy (non-hydrogen) atoms. The van der Waals surface area contributed by atoms with Gasteiger partial charge in [0.2, 0.25) is 15.9 Å². The summed E-state index contributed by atoms with van der Waals surface area (Å²) in [4.78, 5) is 16.1. The first-order valence-corrected chi connectivity index (χ1v) is 12.5. The number of anilines is 1. The van der Waals surface area contributed by atoms with E-state index >= 15 is 0 Å². The Labute approximate surface area is 192 Å². The van der Waals surface area contributed by atoms with E-state index in [9.17, 15) is 13.2 Å². The fourth-order valence-corrected chi connectivity index (χ4v) is 4.70. The number of hydrogen-bond donors (Lipinski definition) is 2. The number of ether oxygens (including phenoxy) is 1. The maximum atomic E-state index is 12.8. The fourth-order valence-electron chi connectivity index (χ4n) is 3.32. The third kappa shape index (κ3) is 6.89. The summed E-state index contributed by atoms with van der Waals surface area (Å²) in [7, 11) is -2.22. The van der Waals surface area contributed by atoms with E-state index in [2.05, 4.69) is 23.2 Å². The van der Waals surface area contributed by atoms with Crippen LogP contribution in [0.25, 0.3) is 0 Å². The molecule has 1 heterocycles. The zero-order valence-corrected chi connectivity index (χ0v) is 19.7. The molecule has 0 bridgehead atoms. The van der Waals surface area contributed by atoms with E-state index in [0.717, 1.165) is 17.7 Å². The van der Waals surface area contributed by atoms with Crippen LogP contribution in [0.1, 0.15) is 17.4 Å². The minimum Gasteiger partial charge on any atom is -0.497 e. The predicted octanol–water partition coefficient (Wildman–Crippen LogP) is 3.48. The van der Waals surface area contributed by atoms with E-state index in [1.165, 1.54) is 17.0 Å². The number of methoxy groups -OCH3 is 1. The van der Waals surface area contributed by atoms with E-state index in [-0.39, 0.29) is 23.4 Å². The Bertz CT molecular complexity index is 1130. The molecule has 0 fully saturated rings. The number of nitrogens with one attached hydrogen (secondary N) is 1. The van der Waals surface area contributed by atoms with Gasteiger partial charge in [0.15, 0.2) is 0 Å². The summed E-state index contributed by atoms with van der Waals surface area (Å²) in [6.45, 7) is 2.83. The molecule has 1 atom stereocenters. The molecule has 0 radical (unpaired) electrons. The minimum absolute atomic E-state index is 0.0450. The summed E-state index contributed by atoms with van der Waals surface area (Å²) >= 11 is 1.69. The first-order chi connectivity index (χ1) is 15.2. The van der Waals surface area contributed by atoms with Crippen LogP contribution in [-0.2, 0) is 27.8 Å². The van der Waals surface area contributed by atoms with Gasteiger partial charge >= 0.3 is 0 Å². The highest BCUT2D eigenvalue weighted by Crippen LogP contribution is 2.19. The second kappa shape index (κ2) is 10.7. The van der Waals surface area contributed by atoms with E-state index < -0.39 is 10.0 Å². The van der Waals surface area contributed by atoms with Gasteiger partial charge in [-0.05, 0) is 60.7 Å². The standard InChI is InChI=1S/C23H27N3O4S2/c1-17(13-21-6-4-12-31-21)26(15-18-8-10-20(30-2)11-9-18)16-23(27)25-19-5-3-7-22(14-19)32(24,28)29/h3-12,14,17H,13,15-16H2,1-2H3,(H,25,27)(H2,24,28,29). The summed E-state index contributed by atoms with van der Waals surface area (Å²) in [5.41, 5.74) is 1.45. The highest BCUT2D eigenvalue weighted by Gasteiger charge is 2.19. The van der Waals surface area contributed by atoms with Crippen LogP contribution in [-0.4, -0.2) is 38.9 Å². The van der Waals surface area contributed by atoms with Gasteiger partial charge < -0.3 is 10.1 Å². The molecular formula is C23H27N3O4S2. The van der Waals surface area contributed by atoms with E-state index in [0.29, 0.717) is 12.2 Å². The van der Waals surface area contributed by atoms with Crippen molar-refractivity contribution in [3.8, 4) is 5.75 Å². The molecule has 9 heteroatoms. The zero-order chi connectivity index (χ0) is 23.1. The lowest BCUT2D eigenvalue weighted by molar-refractivity contribution is -0.118. The van der Waals surface area contributed by atoms with Gasteiger partial charge in [-0.3, -0.25) is 9.69 Å². The molecule has 7 nitrogen and oxygen atoms in total. The van der Waals surface area contributed by atoms with Gasteiger partial charge in [0.05, 0.1) is 18.6 Å². The SMILES string of the molecule is COc1ccc(CN(CC(=O)Nc2cccc(S(N)(=O)=O)c2)C(C)Cc2cccs2)cc1. The smallest absolute Gasteiger partial charge is 0.238 e. The van der Waals surface area contributed by atoms with Crippen molar-refractivity contribution in [1.82, 2.24) is 4.90 Å². The van der Waals surface area contributed by atoms with Gasteiger partial charge in [0.25, 0.3) is 0 Å². The molecule has 1 unspecified atom stereocenters. The second-order valence-corrected chi connectivity index (χ2v) is 10.1. The van der Waals surface area contributed by atoms with Crippen molar-refractivity contribution in [2.45, 2.75) is 30.8 Å². The largest absolute Gasteiger partial charge is 0.497 e. The quantitative estimate of drug-likeness (QED) is 0.469. The Kier molecular flexibility index (Phi) is 8.03. The molecule has 0 saturated carbocycles. The summed E-state index contributed by atoms with van der Waals surface area (Å²) < 4.78 is 28.4. The topological polar surface area (TPSA) is 102 Å². The molecule has 0 spiro atoms. The van der Waals surface area contributed by atoms with E-state index in [4.69, 9.17) is 9.88 Å². The Hall–Kier alpha value is -2.72. The van der Waals surface area contributed by atoms with E-state index in [1.54, 1.807) is 30.6 Å². The Balaban J connectivity index is 1.73. The van der Waals surface area contributed by atoms with Crippen LogP contribution in [0.3, 0.4) is 0 Å². The maximum absolute atomic E-state index is 12.8. The Morgan fingerprint density at radius 2 is 1.91 bits per heavy atom. The van der Waals surface area contributed by atoms with Gasteiger partial charge in [-0.15, -0.1) is 11.3 Å². The lowest BCUT2D eigenvalue weighted by Gasteiger charge is -2.28. The minimum atomic E-state index is -3.84. The molecule has 170 valence electrons. The van der Waals surface area contributed by atoms with Crippen LogP contribution in [0.5, 0.6) is 5.75 Å². The molecule has 3 rings (SSSR count). The second-order valence-electron chi connectivity index (χ2n) is 7.51. The van der Waals surface area contributed by atoms with Crippen molar-refractivity contribution in [3.05, 3.63) is 76.5 Å². The normalized spacial score (nSPS) is 12.5. The molecular weight excluding hydrogens is 446 g/mol. The number of primary sulfonamides is 1. The lowest BCUT2D eigenvalue weighted by atomic mass is 10.1. The maximum Gasteiger partial charge on any atom is 0.238 e. The van der Waals surface area contributed by atoms with Gasteiger partial charge in [-0.25, -0.2) is 13.6 Å². The highest BCUT2D eigenvalue weighted by atomic mass is 32.2. The number of amides is 1.